The lowest BCUT2D eigenvalue weighted by Crippen LogP contribution is -2.32. The SMILES string of the molecule is O=C(NN=Cc1cccc(OC(=O)c2sc3ccccc3c2Cl)c1)C(=O)Nc1ccc(Cl)c(Cl)c1. The van der Waals surface area contributed by atoms with Crippen LogP contribution in [0.1, 0.15) is 15.2 Å². The Morgan fingerprint density at radius 2 is 1.69 bits per heavy atom. The number of esters is 1. The Kier molecular flexibility index (Phi) is 7.67. The van der Waals surface area contributed by atoms with Gasteiger partial charge in [-0.25, -0.2) is 10.2 Å². The first kappa shape index (κ1) is 24.7. The van der Waals surface area contributed by atoms with Gasteiger partial charge in [0.15, 0.2) is 0 Å². The molecule has 1 aromatic heterocycles. The van der Waals surface area contributed by atoms with Crippen molar-refractivity contribution in [1.82, 2.24) is 5.43 Å². The average Bonchev–Trinajstić information content (AvgIpc) is 3.18. The Balaban J connectivity index is 1.36. The summed E-state index contributed by atoms with van der Waals surface area (Å²) in [4.78, 5) is 36.9. The van der Waals surface area contributed by atoms with Gasteiger partial charge in [-0.15, -0.1) is 11.3 Å². The number of carbonyl (C=O) groups is 3. The average molecular weight is 547 g/mol. The number of nitrogens with zero attached hydrogens (tertiary/aromatic N) is 1. The van der Waals surface area contributed by atoms with Gasteiger partial charge in [0.1, 0.15) is 10.6 Å². The molecule has 0 spiro atoms. The van der Waals surface area contributed by atoms with Gasteiger partial charge in [-0.1, -0.05) is 65.1 Å². The van der Waals surface area contributed by atoms with Crippen LogP contribution in [0.25, 0.3) is 10.1 Å². The zero-order valence-electron chi connectivity index (χ0n) is 17.6. The first-order valence-corrected chi connectivity index (χ1v) is 11.9. The van der Waals surface area contributed by atoms with E-state index in [1.807, 2.05) is 24.3 Å². The van der Waals surface area contributed by atoms with Gasteiger partial charge in [-0.05, 0) is 42.0 Å². The summed E-state index contributed by atoms with van der Waals surface area (Å²) in [5, 5.41) is 7.83. The smallest absolute Gasteiger partial charge is 0.355 e. The van der Waals surface area contributed by atoms with Crippen molar-refractivity contribution in [3.05, 3.63) is 92.2 Å². The number of hydrazone groups is 1. The molecule has 7 nitrogen and oxygen atoms in total. The number of amides is 2. The van der Waals surface area contributed by atoms with E-state index in [4.69, 9.17) is 39.5 Å². The maximum Gasteiger partial charge on any atom is 0.355 e. The molecule has 0 bridgehead atoms. The fraction of sp³-hybridized carbons (Fsp3) is 0. The molecule has 1 heterocycles. The number of fused-ring (bicyclic) bond motifs is 1. The monoisotopic (exact) mass is 545 g/mol. The highest BCUT2D eigenvalue weighted by atomic mass is 35.5. The third-order valence-corrected chi connectivity index (χ3v) is 6.95. The third kappa shape index (κ3) is 5.98. The number of thiophene rings is 1. The van der Waals surface area contributed by atoms with Crippen molar-refractivity contribution in [1.29, 1.82) is 0 Å². The summed E-state index contributed by atoms with van der Waals surface area (Å²) in [6.45, 7) is 0. The van der Waals surface area contributed by atoms with Crippen molar-refractivity contribution in [2.75, 3.05) is 5.32 Å². The molecule has 4 aromatic rings. The molecule has 3 aromatic carbocycles. The minimum atomic E-state index is -0.991. The van der Waals surface area contributed by atoms with Crippen molar-refractivity contribution >= 4 is 85.9 Å². The molecule has 176 valence electrons. The van der Waals surface area contributed by atoms with E-state index in [0.29, 0.717) is 26.2 Å². The second-order valence-electron chi connectivity index (χ2n) is 6.99. The van der Waals surface area contributed by atoms with Crippen LogP contribution in [0.4, 0.5) is 5.69 Å². The van der Waals surface area contributed by atoms with Gasteiger partial charge in [0.2, 0.25) is 0 Å². The van der Waals surface area contributed by atoms with Crippen LogP contribution in [0.5, 0.6) is 5.75 Å². The van der Waals surface area contributed by atoms with Crippen molar-refractivity contribution in [2.24, 2.45) is 5.10 Å². The molecule has 0 aliphatic heterocycles. The molecule has 0 fully saturated rings. The number of carbonyl (C=O) groups excluding carboxylic acids is 3. The summed E-state index contributed by atoms with van der Waals surface area (Å²) < 4.78 is 6.33. The van der Waals surface area contributed by atoms with Gasteiger partial charge < -0.3 is 10.1 Å². The molecule has 0 aliphatic carbocycles. The zero-order valence-corrected chi connectivity index (χ0v) is 20.6. The lowest BCUT2D eigenvalue weighted by molar-refractivity contribution is -0.136. The third-order valence-electron chi connectivity index (χ3n) is 4.55. The zero-order chi connectivity index (χ0) is 24.9. The summed E-state index contributed by atoms with van der Waals surface area (Å²) in [5.41, 5.74) is 2.94. The van der Waals surface area contributed by atoms with Crippen LogP contribution < -0.4 is 15.5 Å². The molecule has 0 unspecified atom stereocenters. The molecule has 0 aliphatic rings. The molecule has 0 saturated carbocycles. The predicted molar refractivity (Wildman–Crippen MR) is 139 cm³/mol. The van der Waals surface area contributed by atoms with Crippen LogP contribution in [0.3, 0.4) is 0 Å². The Morgan fingerprint density at radius 1 is 0.886 bits per heavy atom. The van der Waals surface area contributed by atoms with E-state index in [2.05, 4.69) is 15.8 Å². The lowest BCUT2D eigenvalue weighted by atomic mass is 10.2. The Hall–Kier alpha value is -3.43. The maximum absolute atomic E-state index is 12.6. The molecule has 0 saturated heterocycles. The number of rotatable bonds is 5. The van der Waals surface area contributed by atoms with E-state index in [1.165, 1.54) is 35.8 Å². The summed E-state index contributed by atoms with van der Waals surface area (Å²) in [7, 11) is 0. The van der Waals surface area contributed by atoms with Gasteiger partial charge >= 0.3 is 17.8 Å². The molecule has 0 atom stereocenters. The van der Waals surface area contributed by atoms with E-state index in [1.54, 1.807) is 24.3 Å². The van der Waals surface area contributed by atoms with Crippen LogP contribution in [0, 0.1) is 0 Å². The largest absolute Gasteiger partial charge is 0.422 e. The Bertz CT molecular complexity index is 1490. The lowest BCUT2D eigenvalue weighted by Gasteiger charge is -2.05. The summed E-state index contributed by atoms with van der Waals surface area (Å²) in [5.74, 6) is -2.26. The van der Waals surface area contributed by atoms with Crippen LogP contribution >= 0.6 is 46.1 Å². The van der Waals surface area contributed by atoms with E-state index in [9.17, 15) is 14.4 Å². The number of halogens is 3. The summed E-state index contributed by atoms with van der Waals surface area (Å²) in [6.07, 6.45) is 1.30. The van der Waals surface area contributed by atoms with Gasteiger partial charge in [0.05, 0.1) is 21.3 Å². The first-order chi connectivity index (χ1) is 16.8. The normalized spacial score (nSPS) is 10.9. The van der Waals surface area contributed by atoms with Crippen molar-refractivity contribution in [2.45, 2.75) is 0 Å². The second kappa shape index (κ2) is 10.9. The minimum Gasteiger partial charge on any atom is -0.422 e. The second-order valence-corrected chi connectivity index (χ2v) is 9.23. The number of nitrogens with one attached hydrogen (secondary N) is 2. The van der Waals surface area contributed by atoms with Gasteiger partial charge in [-0.2, -0.15) is 5.10 Å². The van der Waals surface area contributed by atoms with E-state index in [0.717, 1.165) is 10.1 Å². The number of anilines is 1. The highest BCUT2D eigenvalue weighted by Crippen LogP contribution is 2.35. The van der Waals surface area contributed by atoms with Gasteiger partial charge in [-0.3, -0.25) is 9.59 Å². The number of hydrogen-bond acceptors (Lipinski definition) is 6. The van der Waals surface area contributed by atoms with Crippen molar-refractivity contribution in [3.8, 4) is 5.75 Å². The molecule has 2 N–H and O–H groups in total. The molecular formula is C24H14Cl3N3O4S. The fourth-order valence-electron chi connectivity index (χ4n) is 2.93. The standard InChI is InChI=1S/C24H14Cl3N3O4S/c25-17-9-8-14(11-18(17)26)29-22(31)23(32)30-28-12-13-4-3-5-15(10-13)34-24(33)21-20(27)16-6-1-2-7-19(16)35-21/h1-12H,(H,29,31)(H,30,32). The van der Waals surface area contributed by atoms with E-state index in [-0.39, 0.29) is 10.8 Å². The van der Waals surface area contributed by atoms with Crippen molar-refractivity contribution in [3.63, 3.8) is 0 Å². The van der Waals surface area contributed by atoms with E-state index >= 15 is 0 Å². The molecule has 11 heteroatoms. The van der Waals surface area contributed by atoms with Crippen LogP contribution in [-0.4, -0.2) is 24.0 Å². The fourth-order valence-corrected chi connectivity index (χ4v) is 4.62. The Morgan fingerprint density at radius 3 is 2.46 bits per heavy atom. The van der Waals surface area contributed by atoms with E-state index < -0.39 is 17.8 Å². The highest BCUT2D eigenvalue weighted by molar-refractivity contribution is 7.21. The van der Waals surface area contributed by atoms with Gasteiger partial charge in [0.25, 0.3) is 0 Å². The quantitative estimate of drug-likeness (QED) is 0.103. The summed E-state index contributed by atoms with van der Waals surface area (Å²) >= 11 is 19.3. The number of ether oxygens (including phenoxy) is 1. The van der Waals surface area contributed by atoms with Gasteiger partial charge in [0, 0.05) is 15.8 Å². The topological polar surface area (TPSA) is 96.9 Å². The maximum atomic E-state index is 12.6. The number of hydrogen-bond donors (Lipinski definition) is 2. The number of benzene rings is 3. The molecule has 2 amide bonds. The Labute approximate surface area is 218 Å². The molecular weight excluding hydrogens is 533 g/mol. The molecule has 4 rings (SSSR count). The molecule has 0 radical (unpaired) electrons. The predicted octanol–water partition coefficient (Wildman–Crippen LogP) is 6.17. The summed E-state index contributed by atoms with van der Waals surface area (Å²) in [6, 6.07) is 18.3. The first-order valence-electron chi connectivity index (χ1n) is 9.90. The molecule has 35 heavy (non-hydrogen) atoms. The van der Waals surface area contributed by atoms with Crippen molar-refractivity contribution < 1.29 is 19.1 Å². The highest BCUT2D eigenvalue weighted by Gasteiger charge is 2.19. The van der Waals surface area contributed by atoms with Crippen LogP contribution in [-0.2, 0) is 9.59 Å². The van der Waals surface area contributed by atoms with Crippen LogP contribution in [0.15, 0.2) is 71.8 Å². The van der Waals surface area contributed by atoms with Crippen LogP contribution in [0.2, 0.25) is 15.1 Å². The minimum absolute atomic E-state index is 0.234.